The molecule has 0 amide bonds. The molecule has 28 heavy (non-hydrogen) atoms. The molecule has 1 aliphatic rings. The first kappa shape index (κ1) is 21.7. The molecule has 0 saturated carbocycles. The molecule has 1 unspecified atom stereocenters. The fourth-order valence-corrected chi connectivity index (χ4v) is 3.72. The Labute approximate surface area is 171 Å². The Bertz CT molecular complexity index is 768. The molecule has 1 N–H and O–H groups in total. The normalized spacial score (nSPS) is 17.5. The number of aliphatic imine (C=N–C) groups is 1. The van der Waals surface area contributed by atoms with E-state index in [9.17, 15) is 0 Å². The average molecular weight is 378 g/mol. The van der Waals surface area contributed by atoms with E-state index >= 15 is 0 Å². The minimum absolute atomic E-state index is 0.500. The lowest BCUT2D eigenvalue weighted by Crippen LogP contribution is -2.28. The lowest BCUT2D eigenvalue weighted by atomic mass is 9.82. The molecular weight excluding hydrogens is 342 g/mol. The van der Waals surface area contributed by atoms with E-state index in [0.717, 1.165) is 54.0 Å². The Balaban J connectivity index is 2.44. The van der Waals surface area contributed by atoms with Gasteiger partial charge in [-0.15, -0.1) is 0 Å². The summed E-state index contributed by atoms with van der Waals surface area (Å²) in [5.41, 5.74) is 6.41. The van der Waals surface area contributed by atoms with Crippen LogP contribution in [0.4, 0.5) is 5.69 Å². The Hall–Kier alpha value is -2.55. The fraction of sp³-hybridized carbons (Fsp3) is 0.400. The summed E-state index contributed by atoms with van der Waals surface area (Å²) in [7, 11) is 1.92. The van der Waals surface area contributed by atoms with Crippen molar-refractivity contribution in [2.24, 2.45) is 16.8 Å². The van der Waals surface area contributed by atoms with Crippen molar-refractivity contribution in [2.75, 3.05) is 18.5 Å². The molecule has 2 rings (SSSR count). The molecule has 0 heterocycles. The Morgan fingerprint density at radius 2 is 1.96 bits per heavy atom. The Kier molecular flexibility index (Phi) is 7.86. The molecule has 0 bridgehead atoms. The van der Waals surface area contributed by atoms with E-state index in [1.165, 1.54) is 5.57 Å². The van der Waals surface area contributed by atoms with Crippen LogP contribution >= 0.6 is 0 Å². The summed E-state index contributed by atoms with van der Waals surface area (Å²) >= 11 is 0. The number of nitrogens with one attached hydrogen (secondary N) is 1. The second kappa shape index (κ2) is 10.1. The van der Waals surface area contributed by atoms with Crippen LogP contribution in [0.15, 0.2) is 82.8 Å². The quantitative estimate of drug-likeness (QED) is 0.416. The van der Waals surface area contributed by atoms with E-state index in [1.807, 2.05) is 19.3 Å². The van der Waals surface area contributed by atoms with Gasteiger partial charge in [-0.05, 0) is 61.1 Å². The molecule has 0 radical (unpaired) electrons. The molecule has 1 atom stereocenters. The van der Waals surface area contributed by atoms with Gasteiger partial charge in [-0.25, -0.2) is 0 Å². The summed E-state index contributed by atoms with van der Waals surface area (Å²) in [6.45, 7) is 20.4. The van der Waals surface area contributed by atoms with E-state index in [1.54, 1.807) is 0 Å². The molecule has 0 aromatic heterocycles. The summed E-state index contributed by atoms with van der Waals surface area (Å²) in [5, 5.41) is 3.19. The minimum Gasteiger partial charge on any atom is -0.393 e. The lowest BCUT2D eigenvalue weighted by Gasteiger charge is -2.32. The highest BCUT2D eigenvalue weighted by molar-refractivity contribution is 5.64. The first-order chi connectivity index (χ1) is 13.4. The summed E-state index contributed by atoms with van der Waals surface area (Å²) in [5.74, 6) is 1.13. The van der Waals surface area contributed by atoms with Crippen LogP contribution in [0.25, 0.3) is 0 Å². The van der Waals surface area contributed by atoms with E-state index in [2.05, 4.69) is 80.1 Å². The molecule has 0 fully saturated rings. The van der Waals surface area contributed by atoms with E-state index < -0.39 is 0 Å². The predicted molar refractivity (Wildman–Crippen MR) is 124 cm³/mol. The maximum absolute atomic E-state index is 4.48. The molecule has 1 aliphatic carbocycles. The summed E-state index contributed by atoms with van der Waals surface area (Å²) in [6, 6.07) is 10.4. The highest BCUT2D eigenvalue weighted by Gasteiger charge is 2.24. The topological polar surface area (TPSA) is 27.6 Å². The zero-order valence-corrected chi connectivity index (χ0v) is 18.0. The molecule has 3 nitrogen and oxygen atoms in total. The van der Waals surface area contributed by atoms with Crippen LogP contribution in [0.5, 0.6) is 0 Å². The molecule has 0 spiro atoms. The summed E-state index contributed by atoms with van der Waals surface area (Å²) in [4.78, 5) is 6.60. The molecular formula is C25H35N3. The van der Waals surface area contributed by atoms with Gasteiger partial charge in [-0.2, -0.15) is 0 Å². The Morgan fingerprint density at radius 3 is 2.54 bits per heavy atom. The van der Waals surface area contributed by atoms with Crippen LogP contribution in [0.1, 0.15) is 40.0 Å². The standard InChI is InChI=1S/C25H35N3/c1-18(2)17-28(22-11-9-8-10-12-22)21(5)24(16-26-6)20(4)23-15-19(3)13-14-25(23)27-7/h8-12,16,18-19,26H,4-5,7,13-15,17H2,1-3,6H3/b24-16+. The Morgan fingerprint density at radius 1 is 1.29 bits per heavy atom. The number of hydrogen-bond acceptors (Lipinski definition) is 3. The van der Waals surface area contributed by atoms with Crippen LogP contribution in [0, 0.1) is 11.8 Å². The van der Waals surface area contributed by atoms with Crippen LogP contribution in [-0.2, 0) is 0 Å². The zero-order chi connectivity index (χ0) is 20.7. The third-order valence-electron chi connectivity index (χ3n) is 5.20. The number of hydrogen-bond donors (Lipinski definition) is 1. The van der Waals surface area contributed by atoms with E-state index in [-0.39, 0.29) is 0 Å². The number of rotatable bonds is 9. The summed E-state index contributed by atoms with van der Waals surface area (Å²) in [6.07, 6.45) is 5.11. The van der Waals surface area contributed by atoms with Crippen molar-refractivity contribution >= 4 is 12.4 Å². The maximum Gasteiger partial charge on any atom is 0.0434 e. The van der Waals surface area contributed by atoms with Crippen molar-refractivity contribution in [3.63, 3.8) is 0 Å². The van der Waals surface area contributed by atoms with Crippen LogP contribution < -0.4 is 10.2 Å². The van der Waals surface area contributed by atoms with Gasteiger partial charge >= 0.3 is 0 Å². The molecule has 1 aromatic carbocycles. The van der Waals surface area contributed by atoms with Crippen molar-refractivity contribution in [1.82, 2.24) is 5.32 Å². The number of para-hydroxylation sites is 1. The van der Waals surface area contributed by atoms with E-state index in [4.69, 9.17) is 0 Å². The van der Waals surface area contributed by atoms with Gasteiger partial charge < -0.3 is 10.2 Å². The van der Waals surface area contributed by atoms with Crippen molar-refractivity contribution in [3.05, 3.63) is 77.8 Å². The van der Waals surface area contributed by atoms with E-state index in [0.29, 0.717) is 11.8 Å². The SMILES string of the molecule is C=NC1=C(C(=C)/C(=C\NC)C(=C)N(CC(C)C)c2ccccc2)CC(C)CC1. The van der Waals surface area contributed by atoms with Crippen molar-refractivity contribution in [2.45, 2.75) is 40.0 Å². The van der Waals surface area contributed by atoms with Crippen molar-refractivity contribution in [1.29, 1.82) is 0 Å². The van der Waals surface area contributed by atoms with Gasteiger partial charge in [-0.3, -0.25) is 4.99 Å². The molecule has 1 aromatic rings. The van der Waals surface area contributed by atoms with Crippen molar-refractivity contribution < 1.29 is 0 Å². The predicted octanol–water partition coefficient (Wildman–Crippen LogP) is 6.10. The van der Waals surface area contributed by atoms with Crippen molar-refractivity contribution in [3.8, 4) is 0 Å². The van der Waals surface area contributed by atoms with Gasteiger partial charge in [-0.1, -0.05) is 52.1 Å². The van der Waals surface area contributed by atoms with Gasteiger partial charge in [0.05, 0.1) is 0 Å². The lowest BCUT2D eigenvalue weighted by molar-refractivity contribution is 0.498. The number of nitrogens with zero attached hydrogens (tertiary/aromatic N) is 2. The van der Waals surface area contributed by atoms with Gasteiger partial charge in [0, 0.05) is 42.4 Å². The molecule has 150 valence electrons. The highest BCUT2D eigenvalue weighted by Crippen LogP contribution is 2.38. The number of benzene rings is 1. The van der Waals surface area contributed by atoms with Crippen LogP contribution in [0.2, 0.25) is 0 Å². The third-order valence-corrected chi connectivity index (χ3v) is 5.20. The maximum atomic E-state index is 4.48. The minimum atomic E-state index is 0.500. The van der Waals surface area contributed by atoms with Crippen LogP contribution in [0.3, 0.4) is 0 Å². The monoisotopic (exact) mass is 377 g/mol. The average Bonchev–Trinajstić information content (AvgIpc) is 2.69. The number of allylic oxidation sites excluding steroid dienone is 3. The van der Waals surface area contributed by atoms with Gasteiger partial charge in [0.2, 0.25) is 0 Å². The number of anilines is 1. The zero-order valence-electron chi connectivity index (χ0n) is 18.0. The van der Waals surface area contributed by atoms with Crippen LogP contribution in [-0.4, -0.2) is 20.3 Å². The summed E-state index contributed by atoms with van der Waals surface area (Å²) < 4.78 is 0. The van der Waals surface area contributed by atoms with Gasteiger partial charge in [0.25, 0.3) is 0 Å². The van der Waals surface area contributed by atoms with Gasteiger partial charge in [0.15, 0.2) is 0 Å². The highest BCUT2D eigenvalue weighted by atomic mass is 15.1. The smallest absolute Gasteiger partial charge is 0.0434 e. The first-order valence-corrected chi connectivity index (χ1v) is 10.2. The first-order valence-electron chi connectivity index (χ1n) is 10.2. The fourth-order valence-electron chi connectivity index (χ4n) is 3.72. The second-order valence-corrected chi connectivity index (χ2v) is 8.04. The molecule has 0 aliphatic heterocycles. The molecule has 0 saturated heterocycles. The molecule has 3 heteroatoms. The second-order valence-electron chi connectivity index (χ2n) is 8.04. The largest absolute Gasteiger partial charge is 0.393 e. The van der Waals surface area contributed by atoms with Gasteiger partial charge in [0.1, 0.15) is 0 Å². The third kappa shape index (κ3) is 5.25.